The van der Waals surface area contributed by atoms with Crippen molar-refractivity contribution >= 4 is 21.6 Å². The van der Waals surface area contributed by atoms with Crippen LogP contribution >= 0.6 is 15.9 Å². The summed E-state index contributed by atoms with van der Waals surface area (Å²) in [7, 11) is 1.96. The molecule has 0 fully saturated rings. The molecule has 0 bridgehead atoms. The highest BCUT2D eigenvalue weighted by Crippen LogP contribution is 2.28. The Hall–Kier alpha value is -1.83. The van der Waals surface area contributed by atoms with Crippen LogP contribution < -0.4 is 4.90 Å². The first-order valence-corrected chi connectivity index (χ1v) is 7.48. The fraction of sp³-hybridized carbons (Fsp3) is 0.235. The molecule has 4 heteroatoms. The highest BCUT2D eigenvalue weighted by atomic mass is 79.9. The molecule has 0 saturated carbocycles. The van der Waals surface area contributed by atoms with Gasteiger partial charge >= 0.3 is 0 Å². The van der Waals surface area contributed by atoms with Crippen LogP contribution in [0.5, 0.6) is 0 Å². The molecule has 0 unspecified atom stereocenters. The van der Waals surface area contributed by atoms with Crippen LogP contribution in [0.25, 0.3) is 0 Å². The average molecular weight is 345 g/mol. The van der Waals surface area contributed by atoms with Gasteiger partial charge in [-0.05, 0) is 36.8 Å². The molecule has 0 aliphatic rings. The van der Waals surface area contributed by atoms with Gasteiger partial charge in [0.15, 0.2) is 0 Å². The third kappa shape index (κ3) is 3.84. The van der Waals surface area contributed by atoms with Crippen molar-refractivity contribution in [1.29, 1.82) is 5.26 Å². The second kappa shape index (κ2) is 6.75. The number of hydrogen-bond acceptors (Lipinski definition) is 3. The van der Waals surface area contributed by atoms with Crippen molar-refractivity contribution in [1.82, 2.24) is 0 Å². The molecule has 2 rings (SSSR count). The van der Waals surface area contributed by atoms with Crippen LogP contribution in [0, 0.1) is 11.3 Å². The number of aliphatic hydroxyl groups excluding tert-OH is 1. The van der Waals surface area contributed by atoms with Gasteiger partial charge in [-0.3, -0.25) is 0 Å². The van der Waals surface area contributed by atoms with Crippen molar-refractivity contribution in [2.75, 3.05) is 11.9 Å². The van der Waals surface area contributed by atoms with Gasteiger partial charge in [0.1, 0.15) is 0 Å². The smallest absolute Gasteiger partial charge is 0.0992 e. The van der Waals surface area contributed by atoms with Gasteiger partial charge in [0.05, 0.1) is 17.7 Å². The normalized spacial score (nSPS) is 11.8. The van der Waals surface area contributed by atoms with Gasteiger partial charge < -0.3 is 10.0 Å². The number of rotatable bonds is 4. The molecule has 0 aliphatic heterocycles. The number of benzene rings is 2. The largest absolute Gasteiger partial charge is 0.389 e. The lowest BCUT2D eigenvalue weighted by molar-refractivity contribution is 0.199. The molecule has 0 radical (unpaired) electrons. The molecule has 0 saturated heterocycles. The molecule has 0 heterocycles. The molecule has 1 atom stereocenters. The van der Waals surface area contributed by atoms with Crippen LogP contribution in [0.1, 0.15) is 29.7 Å². The third-order valence-corrected chi connectivity index (χ3v) is 3.82. The summed E-state index contributed by atoms with van der Waals surface area (Å²) in [6, 6.07) is 15.6. The Morgan fingerprint density at radius 2 is 2.05 bits per heavy atom. The Labute approximate surface area is 133 Å². The Kier molecular flexibility index (Phi) is 5.00. The number of halogens is 1. The lowest BCUT2D eigenvalue weighted by Crippen LogP contribution is -2.18. The van der Waals surface area contributed by atoms with Crippen molar-refractivity contribution in [3.63, 3.8) is 0 Å². The minimum absolute atomic E-state index is 0.572. The summed E-state index contributed by atoms with van der Waals surface area (Å²) < 4.78 is 1.04. The lowest BCUT2D eigenvalue weighted by Gasteiger charge is -2.24. The van der Waals surface area contributed by atoms with Crippen LogP contribution in [0.2, 0.25) is 0 Å². The molecule has 2 aromatic carbocycles. The molecule has 108 valence electrons. The number of nitrogens with zero attached hydrogens (tertiary/aromatic N) is 2. The van der Waals surface area contributed by atoms with Crippen molar-refractivity contribution in [3.05, 3.63) is 63.6 Å². The van der Waals surface area contributed by atoms with E-state index in [1.807, 2.05) is 36.2 Å². The van der Waals surface area contributed by atoms with Crippen LogP contribution in [-0.4, -0.2) is 12.2 Å². The molecule has 21 heavy (non-hydrogen) atoms. The highest BCUT2D eigenvalue weighted by molar-refractivity contribution is 9.10. The van der Waals surface area contributed by atoms with E-state index in [0.29, 0.717) is 12.1 Å². The predicted molar refractivity (Wildman–Crippen MR) is 88.0 cm³/mol. The first kappa shape index (κ1) is 15.6. The van der Waals surface area contributed by atoms with E-state index in [4.69, 9.17) is 5.26 Å². The molecule has 3 nitrogen and oxygen atoms in total. The Bertz CT molecular complexity index is 677. The fourth-order valence-electron chi connectivity index (χ4n) is 2.29. The fourth-order valence-corrected chi connectivity index (χ4v) is 2.74. The summed E-state index contributed by atoms with van der Waals surface area (Å²) in [4.78, 5) is 2.05. The van der Waals surface area contributed by atoms with Gasteiger partial charge in [0.2, 0.25) is 0 Å². The molecular weight excluding hydrogens is 328 g/mol. The van der Waals surface area contributed by atoms with E-state index in [1.54, 1.807) is 13.0 Å². The summed E-state index contributed by atoms with van der Waals surface area (Å²) in [5, 5.41) is 19.0. The molecule has 1 N–H and O–H groups in total. The lowest BCUT2D eigenvalue weighted by atomic mass is 10.0. The minimum atomic E-state index is -0.572. The van der Waals surface area contributed by atoms with Crippen molar-refractivity contribution in [3.8, 4) is 6.07 Å². The van der Waals surface area contributed by atoms with E-state index in [2.05, 4.69) is 34.1 Å². The molecule has 2 aromatic rings. The summed E-state index contributed by atoms with van der Waals surface area (Å²) in [6.45, 7) is 2.44. The molecule has 0 aromatic heterocycles. The monoisotopic (exact) mass is 344 g/mol. The van der Waals surface area contributed by atoms with Gasteiger partial charge in [-0.1, -0.05) is 34.1 Å². The summed E-state index contributed by atoms with van der Waals surface area (Å²) >= 11 is 3.47. The Morgan fingerprint density at radius 3 is 2.67 bits per heavy atom. The Morgan fingerprint density at radius 1 is 1.29 bits per heavy atom. The quantitative estimate of drug-likeness (QED) is 0.911. The van der Waals surface area contributed by atoms with Crippen LogP contribution in [0.4, 0.5) is 5.69 Å². The van der Waals surface area contributed by atoms with Crippen molar-refractivity contribution in [2.45, 2.75) is 19.6 Å². The maximum Gasteiger partial charge on any atom is 0.0992 e. The predicted octanol–water partition coefficient (Wildman–Crippen LogP) is 4.01. The van der Waals surface area contributed by atoms with Gasteiger partial charge in [0, 0.05) is 29.3 Å². The number of nitriles is 1. The summed E-state index contributed by atoms with van der Waals surface area (Å²) in [5.41, 5.74) is 3.46. The van der Waals surface area contributed by atoms with E-state index >= 15 is 0 Å². The summed E-state index contributed by atoms with van der Waals surface area (Å²) in [6.07, 6.45) is -0.572. The first-order valence-electron chi connectivity index (χ1n) is 6.69. The van der Waals surface area contributed by atoms with Crippen molar-refractivity contribution < 1.29 is 5.11 Å². The van der Waals surface area contributed by atoms with E-state index in [0.717, 1.165) is 21.3 Å². The number of anilines is 1. The molecule has 0 aliphatic carbocycles. The first-order chi connectivity index (χ1) is 10.0. The standard InChI is InChI=1S/C17H17BrN2O/c1-12(21)16-7-6-13(10-19)9-17(16)20(2)11-14-4-3-5-15(18)8-14/h3-9,12,21H,11H2,1-2H3/t12-/m1/s1. The SMILES string of the molecule is C[C@@H](O)c1ccc(C#N)cc1N(C)Cc1cccc(Br)c1. The van der Waals surface area contributed by atoms with E-state index in [1.165, 1.54) is 0 Å². The third-order valence-electron chi connectivity index (χ3n) is 3.33. The zero-order valence-corrected chi connectivity index (χ0v) is 13.6. The maximum absolute atomic E-state index is 9.91. The van der Waals surface area contributed by atoms with E-state index < -0.39 is 6.10 Å². The zero-order valence-electron chi connectivity index (χ0n) is 12.0. The van der Waals surface area contributed by atoms with Gasteiger partial charge in [-0.15, -0.1) is 0 Å². The van der Waals surface area contributed by atoms with Gasteiger partial charge in [0.25, 0.3) is 0 Å². The average Bonchev–Trinajstić information content (AvgIpc) is 2.46. The second-order valence-corrected chi connectivity index (χ2v) is 5.96. The van der Waals surface area contributed by atoms with Crippen LogP contribution in [0.15, 0.2) is 46.9 Å². The molecule has 0 amide bonds. The van der Waals surface area contributed by atoms with E-state index in [9.17, 15) is 5.11 Å². The maximum atomic E-state index is 9.91. The second-order valence-electron chi connectivity index (χ2n) is 5.05. The summed E-state index contributed by atoms with van der Waals surface area (Å²) in [5.74, 6) is 0. The number of hydrogen-bond donors (Lipinski definition) is 1. The molecule has 0 spiro atoms. The number of aliphatic hydroxyl groups is 1. The van der Waals surface area contributed by atoms with Gasteiger partial charge in [-0.25, -0.2) is 0 Å². The highest BCUT2D eigenvalue weighted by Gasteiger charge is 2.13. The zero-order chi connectivity index (χ0) is 15.4. The molecular formula is C17H17BrN2O. The van der Waals surface area contributed by atoms with Crippen LogP contribution in [-0.2, 0) is 6.54 Å². The topological polar surface area (TPSA) is 47.3 Å². The van der Waals surface area contributed by atoms with Crippen molar-refractivity contribution in [2.24, 2.45) is 0 Å². The van der Waals surface area contributed by atoms with Gasteiger partial charge in [-0.2, -0.15) is 5.26 Å². The minimum Gasteiger partial charge on any atom is -0.389 e. The van der Waals surface area contributed by atoms with Crippen LogP contribution in [0.3, 0.4) is 0 Å². The van der Waals surface area contributed by atoms with E-state index in [-0.39, 0.29) is 0 Å². The Balaban J connectivity index is 2.33.